The van der Waals surface area contributed by atoms with Crippen molar-refractivity contribution in [2.45, 2.75) is 416 Å². The Morgan fingerprint density at radius 1 is 0.402 bits per heavy atom. The Balaban J connectivity index is 2.07. The Hall–Kier alpha value is -2.11. The molecular weight excluding hydrogens is 1080 g/mol. The summed E-state index contributed by atoms with van der Waals surface area (Å²) in [5.74, 6) is -0.138. The maximum Gasteiger partial charge on any atom is 0.220 e. The fraction of sp³-hybridized carbons (Fsp3) is 0.859. The van der Waals surface area contributed by atoms with Gasteiger partial charge in [0.25, 0.3) is 0 Å². The second-order valence-corrected chi connectivity index (χ2v) is 26.4. The monoisotopic (exact) mass is 1220 g/mol. The summed E-state index contributed by atoms with van der Waals surface area (Å²) >= 11 is 0. The van der Waals surface area contributed by atoms with E-state index in [9.17, 15) is 30.3 Å². The van der Waals surface area contributed by atoms with Gasteiger partial charge in [0.1, 0.15) is 24.4 Å². The number of rotatable bonds is 67. The van der Waals surface area contributed by atoms with Gasteiger partial charge in [0.2, 0.25) is 5.91 Å². The SMILES string of the molecule is CC/C=C\C/C=C\C/C=C\C/C=C\C/C=C\CCCCCCCCCCCCCCCCCCCCCC(=O)NC(COC1OC(CO)C(O)C(O)C1O)C(O)CCCCCCCCCCCCCCCCCCCCCCCCCCCCCCC. The zero-order valence-corrected chi connectivity index (χ0v) is 57.3. The van der Waals surface area contributed by atoms with Gasteiger partial charge in [-0.15, -0.1) is 0 Å². The number of hydrogen-bond donors (Lipinski definition) is 6. The highest BCUT2D eigenvalue weighted by Gasteiger charge is 2.44. The molecule has 510 valence electrons. The van der Waals surface area contributed by atoms with Gasteiger partial charge in [-0.25, -0.2) is 0 Å². The minimum Gasteiger partial charge on any atom is -0.394 e. The minimum absolute atomic E-state index is 0.135. The first kappa shape index (κ1) is 82.9. The lowest BCUT2D eigenvalue weighted by Crippen LogP contribution is -2.60. The van der Waals surface area contributed by atoms with Crippen LogP contribution in [0.25, 0.3) is 0 Å². The van der Waals surface area contributed by atoms with E-state index in [-0.39, 0.29) is 12.5 Å². The van der Waals surface area contributed by atoms with Crippen molar-refractivity contribution >= 4 is 5.91 Å². The van der Waals surface area contributed by atoms with Crippen LogP contribution in [0.15, 0.2) is 60.8 Å². The molecular formula is C78H145NO8. The molecule has 1 saturated heterocycles. The van der Waals surface area contributed by atoms with Crippen LogP contribution < -0.4 is 5.32 Å². The van der Waals surface area contributed by atoms with Crippen LogP contribution in [0.5, 0.6) is 0 Å². The van der Waals surface area contributed by atoms with Gasteiger partial charge in [-0.3, -0.25) is 4.79 Å². The van der Waals surface area contributed by atoms with E-state index in [1.54, 1.807) is 0 Å². The summed E-state index contributed by atoms with van der Waals surface area (Å²) in [5, 5.41) is 55.1. The lowest BCUT2D eigenvalue weighted by Gasteiger charge is -2.40. The molecule has 0 saturated carbocycles. The van der Waals surface area contributed by atoms with Crippen molar-refractivity contribution in [1.82, 2.24) is 5.32 Å². The van der Waals surface area contributed by atoms with Crippen molar-refractivity contribution in [3.63, 3.8) is 0 Å². The predicted molar refractivity (Wildman–Crippen MR) is 373 cm³/mol. The first-order chi connectivity index (χ1) is 42.8. The number of carbonyl (C=O) groups is 1. The summed E-state index contributed by atoms with van der Waals surface area (Å²) in [7, 11) is 0. The molecule has 1 heterocycles. The third-order valence-electron chi connectivity index (χ3n) is 18.1. The fourth-order valence-electron chi connectivity index (χ4n) is 12.3. The largest absolute Gasteiger partial charge is 0.394 e. The summed E-state index contributed by atoms with van der Waals surface area (Å²) in [6.45, 7) is 3.78. The van der Waals surface area contributed by atoms with Crippen molar-refractivity contribution in [3.05, 3.63) is 60.8 Å². The lowest BCUT2D eigenvalue weighted by atomic mass is 9.99. The number of nitrogens with one attached hydrogen (secondary N) is 1. The zero-order chi connectivity index (χ0) is 62.8. The zero-order valence-electron chi connectivity index (χ0n) is 57.3. The van der Waals surface area contributed by atoms with Crippen molar-refractivity contribution in [2.24, 2.45) is 0 Å². The number of carbonyl (C=O) groups excluding carboxylic acids is 1. The van der Waals surface area contributed by atoms with E-state index in [0.29, 0.717) is 12.8 Å². The number of unbranched alkanes of at least 4 members (excludes halogenated alkanes) is 47. The van der Waals surface area contributed by atoms with Crippen LogP contribution in [-0.2, 0) is 14.3 Å². The van der Waals surface area contributed by atoms with Gasteiger partial charge < -0.3 is 40.3 Å². The van der Waals surface area contributed by atoms with Gasteiger partial charge in [-0.2, -0.15) is 0 Å². The first-order valence-corrected chi connectivity index (χ1v) is 38.0. The van der Waals surface area contributed by atoms with E-state index < -0.39 is 49.5 Å². The smallest absolute Gasteiger partial charge is 0.220 e. The standard InChI is InChI=1S/C78H145NO8/c1-3-5-7-9-11-13-15-17-19-21-23-25-27-29-31-33-34-35-36-37-38-40-42-44-46-48-50-52-54-56-58-60-62-64-66-68-74(82)79-71(70-86-78-77(85)76(84)75(83)73(69-80)87-78)72(81)67-65-63-61-59-57-55-53-51-49-47-45-43-41-39-32-30-28-26-24-22-20-18-16-14-12-10-8-6-4-2/h5,7,11,13,17,19,23,25,29,31,71-73,75-78,80-81,83-85H,3-4,6,8-10,12,14-16,18,20-22,24,26-28,30,32-70H2,1-2H3,(H,79,82)/b7-5-,13-11-,19-17-,25-23-,31-29-. The van der Waals surface area contributed by atoms with E-state index in [1.807, 2.05) is 0 Å². The van der Waals surface area contributed by atoms with Crippen LogP contribution >= 0.6 is 0 Å². The molecule has 1 rings (SSSR count). The summed E-state index contributed by atoms with van der Waals surface area (Å²) < 4.78 is 11.4. The molecule has 7 unspecified atom stereocenters. The summed E-state index contributed by atoms with van der Waals surface area (Å²) in [6.07, 6.45) is 86.0. The van der Waals surface area contributed by atoms with Gasteiger partial charge in [0.15, 0.2) is 6.29 Å². The lowest BCUT2D eigenvalue weighted by molar-refractivity contribution is -0.302. The van der Waals surface area contributed by atoms with Crippen molar-refractivity contribution in [1.29, 1.82) is 0 Å². The number of hydrogen-bond acceptors (Lipinski definition) is 8. The van der Waals surface area contributed by atoms with E-state index in [2.05, 4.69) is 79.9 Å². The molecule has 0 radical (unpaired) electrons. The molecule has 9 nitrogen and oxygen atoms in total. The molecule has 1 aliphatic rings. The van der Waals surface area contributed by atoms with Crippen molar-refractivity contribution < 1.29 is 39.8 Å². The van der Waals surface area contributed by atoms with E-state index in [1.165, 1.54) is 276 Å². The minimum atomic E-state index is -1.56. The van der Waals surface area contributed by atoms with E-state index >= 15 is 0 Å². The number of aliphatic hydroxyl groups excluding tert-OH is 5. The molecule has 0 aromatic rings. The maximum absolute atomic E-state index is 13.2. The second kappa shape index (κ2) is 66.8. The summed E-state index contributed by atoms with van der Waals surface area (Å²) in [6, 6.07) is -0.721. The Morgan fingerprint density at radius 2 is 0.713 bits per heavy atom. The average Bonchev–Trinajstić information content (AvgIpc) is 3.47. The number of aliphatic hydroxyl groups is 5. The first-order valence-electron chi connectivity index (χ1n) is 38.0. The number of ether oxygens (including phenoxy) is 2. The maximum atomic E-state index is 13.2. The van der Waals surface area contributed by atoms with E-state index in [0.717, 1.165) is 70.6 Å². The average molecular weight is 1230 g/mol. The van der Waals surface area contributed by atoms with Crippen LogP contribution in [0.4, 0.5) is 0 Å². The van der Waals surface area contributed by atoms with Crippen LogP contribution in [0, 0.1) is 0 Å². The van der Waals surface area contributed by atoms with Gasteiger partial charge in [-0.1, -0.05) is 370 Å². The van der Waals surface area contributed by atoms with Crippen molar-refractivity contribution in [2.75, 3.05) is 13.2 Å². The Labute approximate surface area is 538 Å². The highest BCUT2D eigenvalue weighted by molar-refractivity contribution is 5.76. The fourth-order valence-corrected chi connectivity index (χ4v) is 12.3. The van der Waals surface area contributed by atoms with E-state index in [4.69, 9.17) is 9.47 Å². The molecule has 1 amide bonds. The molecule has 0 aromatic carbocycles. The summed E-state index contributed by atoms with van der Waals surface area (Å²) in [5.41, 5.74) is 0. The number of allylic oxidation sites excluding steroid dienone is 10. The van der Waals surface area contributed by atoms with Gasteiger partial charge in [-0.05, 0) is 57.8 Å². The topological polar surface area (TPSA) is 149 Å². The molecule has 0 aliphatic carbocycles. The predicted octanol–water partition coefficient (Wildman–Crippen LogP) is 21.3. The Kier molecular flexibility index (Phi) is 63.7. The quantitative estimate of drug-likeness (QED) is 0.0261. The Bertz CT molecular complexity index is 1560. The highest BCUT2D eigenvalue weighted by atomic mass is 16.7. The van der Waals surface area contributed by atoms with Crippen LogP contribution in [-0.4, -0.2) is 87.5 Å². The molecule has 1 fully saturated rings. The van der Waals surface area contributed by atoms with Gasteiger partial charge in [0.05, 0.1) is 25.4 Å². The molecule has 0 aromatic heterocycles. The third kappa shape index (κ3) is 55.3. The molecule has 0 spiro atoms. The molecule has 7 atom stereocenters. The molecule has 9 heteroatoms. The molecule has 1 aliphatic heterocycles. The van der Waals surface area contributed by atoms with Gasteiger partial charge in [0, 0.05) is 6.42 Å². The van der Waals surface area contributed by atoms with Crippen LogP contribution in [0.1, 0.15) is 373 Å². The van der Waals surface area contributed by atoms with Gasteiger partial charge >= 0.3 is 0 Å². The molecule has 6 N–H and O–H groups in total. The second-order valence-electron chi connectivity index (χ2n) is 26.4. The highest BCUT2D eigenvalue weighted by Crippen LogP contribution is 2.24. The number of amides is 1. The third-order valence-corrected chi connectivity index (χ3v) is 18.1. The van der Waals surface area contributed by atoms with Crippen LogP contribution in [0.3, 0.4) is 0 Å². The molecule has 0 bridgehead atoms. The Morgan fingerprint density at radius 3 is 1.06 bits per heavy atom. The van der Waals surface area contributed by atoms with Crippen LogP contribution in [0.2, 0.25) is 0 Å². The normalized spacial score (nSPS) is 18.3. The molecule has 87 heavy (non-hydrogen) atoms. The van der Waals surface area contributed by atoms with Crippen molar-refractivity contribution in [3.8, 4) is 0 Å². The summed E-state index contributed by atoms with van der Waals surface area (Å²) in [4.78, 5) is 13.2.